The third-order valence-electron chi connectivity index (χ3n) is 5.84. The number of hydrogen-bond donors (Lipinski definition) is 1. The van der Waals surface area contributed by atoms with Crippen LogP contribution in [0.1, 0.15) is 33.1 Å². The smallest absolute Gasteiger partial charge is 0.259 e. The highest BCUT2D eigenvalue weighted by Crippen LogP contribution is 2.39. The van der Waals surface area contributed by atoms with E-state index in [0.717, 1.165) is 58.3 Å². The number of pyridine rings is 1. The van der Waals surface area contributed by atoms with E-state index in [9.17, 15) is 9.18 Å². The molecule has 29 heavy (non-hydrogen) atoms. The van der Waals surface area contributed by atoms with E-state index in [1.807, 2.05) is 29.8 Å². The van der Waals surface area contributed by atoms with Crippen LogP contribution in [0, 0.1) is 5.82 Å². The number of carbonyl (C=O) groups is 1. The van der Waals surface area contributed by atoms with Gasteiger partial charge in [0, 0.05) is 54.7 Å². The highest BCUT2D eigenvalue weighted by Gasteiger charge is 2.30. The third-order valence-corrected chi connectivity index (χ3v) is 6.98. The molecule has 4 heterocycles. The SMILES string of the molecule is Cn1cc(CN2CC[C@H](c3c(C(N)=O)sc4ncccc34)C2)c2cc(F)ccc21. The number of likely N-dealkylation sites (tertiary alicyclic amines) is 1. The molecule has 148 valence electrons. The molecule has 0 unspecified atom stereocenters. The van der Waals surface area contributed by atoms with Crippen LogP contribution in [0.3, 0.4) is 0 Å². The minimum Gasteiger partial charge on any atom is -0.365 e. The second-order valence-electron chi connectivity index (χ2n) is 7.71. The lowest BCUT2D eigenvalue weighted by molar-refractivity contribution is 0.100. The Kier molecular flexibility index (Phi) is 4.37. The number of benzene rings is 1. The first-order chi connectivity index (χ1) is 14.0. The zero-order valence-corrected chi connectivity index (χ0v) is 16.9. The summed E-state index contributed by atoms with van der Waals surface area (Å²) in [5.74, 6) is -0.360. The lowest BCUT2D eigenvalue weighted by atomic mass is 9.95. The Balaban J connectivity index is 1.45. The Hall–Kier alpha value is -2.77. The van der Waals surface area contributed by atoms with Crippen LogP contribution in [0.4, 0.5) is 4.39 Å². The maximum absolute atomic E-state index is 13.8. The van der Waals surface area contributed by atoms with Crippen LogP contribution in [0.15, 0.2) is 42.7 Å². The molecular formula is C22H21FN4OS. The van der Waals surface area contributed by atoms with Gasteiger partial charge in [0.2, 0.25) is 0 Å². The fraction of sp³-hybridized carbons (Fsp3) is 0.273. The van der Waals surface area contributed by atoms with Crippen LogP contribution in [0.25, 0.3) is 21.1 Å². The van der Waals surface area contributed by atoms with Gasteiger partial charge in [-0.25, -0.2) is 9.37 Å². The summed E-state index contributed by atoms with van der Waals surface area (Å²) in [5, 5.41) is 1.99. The number of thiophene rings is 1. The van der Waals surface area contributed by atoms with Crippen molar-refractivity contribution in [1.29, 1.82) is 0 Å². The lowest BCUT2D eigenvalue weighted by Gasteiger charge is -2.16. The molecule has 1 fully saturated rings. The van der Waals surface area contributed by atoms with Crippen molar-refractivity contribution in [3.05, 3.63) is 64.5 Å². The molecular weight excluding hydrogens is 387 g/mol. The van der Waals surface area contributed by atoms with Gasteiger partial charge in [-0.15, -0.1) is 11.3 Å². The summed E-state index contributed by atoms with van der Waals surface area (Å²) in [6.07, 6.45) is 4.78. The molecule has 0 bridgehead atoms. The molecule has 0 spiro atoms. The van der Waals surface area contributed by atoms with Crippen LogP contribution in [-0.2, 0) is 13.6 Å². The summed E-state index contributed by atoms with van der Waals surface area (Å²) in [5.41, 5.74) is 8.86. The fourth-order valence-corrected chi connectivity index (χ4v) is 5.65. The van der Waals surface area contributed by atoms with Crippen molar-refractivity contribution in [3.63, 3.8) is 0 Å². The van der Waals surface area contributed by atoms with Gasteiger partial charge in [-0.2, -0.15) is 0 Å². The molecule has 1 aromatic carbocycles. The van der Waals surface area contributed by atoms with E-state index in [1.165, 1.54) is 17.4 Å². The van der Waals surface area contributed by atoms with Gasteiger partial charge in [-0.05, 0) is 48.4 Å². The molecule has 0 aliphatic carbocycles. The topological polar surface area (TPSA) is 64.2 Å². The molecule has 2 N–H and O–H groups in total. The first-order valence-electron chi connectivity index (χ1n) is 9.64. The summed E-state index contributed by atoms with van der Waals surface area (Å²) in [6, 6.07) is 8.86. The molecule has 5 nitrogen and oxygen atoms in total. The predicted molar refractivity (Wildman–Crippen MR) is 114 cm³/mol. The number of aryl methyl sites for hydroxylation is 1. The second kappa shape index (κ2) is 6.93. The number of rotatable bonds is 4. The van der Waals surface area contributed by atoms with Gasteiger partial charge in [-0.3, -0.25) is 9.69 Å². The Morgan fingerprint density at radius 1 is 1.34 bits per heavy atom. The average molecular weight is 409 g/mol. The summed E-state index contributed by atoms with van der Waals surface area (Å²) < 4.78 is 15.8. The number of nitrogens with zero attached hydrogens (tertiary/aromatic N) is 3. The van der Waals surface area contributed by atoms with Gasteiger partial charge in [0.15, 0.2) is 0 Å². The molecule has 7 heteroatoms. The number of halogens is 1. The number of fused-ring (bicyclic) bond motifs is 2. The Labute approximate surface area is 171 Å². The summed E-state index contributed by atoms with van der Waals surface area (Å²) >= 11 is 1.38. The van der Waals surface area contributed by atoms with Crippen molar-refractivity contribution >= 4 is 38.4 Å². The van der Waals surface area contributed by atoms with Crippen molar-refractivity contribution in [2.24, 2.45) is 12.8 Å². The van der Waals surface area contributed by atoms with Crippen LogP contribution in [0.2, 0.25) is 0 Å². The maximum atomic E-state index is 13.8. The van der Waals surface area contributed by atoms with E-state index in [4.69, 9.17) is 5.73 Å². The van der Waals surface area contributed by atoms with Crippen molar-refractivity contribution < 1.29 is 9.18 Å². The molecule has 0 radical (unpaired) electrons. The third kappa shape index (κ3) is 3.10. The van der Waals surface area contributed by atoms with Crippen molar-refractivity contribution in [1.82, 2.24) is 14.5 Å². The van der Waals surface area contributed by atoms with Gasteiger partial charge in [0.1, 0.15) is 10.6 Å². The van der Waals surface area contributed by atoms with E-state index in [0.29, 0.717) is 4.88 Å². The average Bonchev–Trinajstić information content (AvgIpc) is 3.38. The fourth-order valence-electron chi connectivity index (χ4n) is 4.56. The molecule has 0 saturated carbocycles. The first kappa shape index (κ1) is 18.3. The molecule has 1 aliphatic rings. The van der Waals surface area contributed by atoms with Crippen LogP contribution in [0.5, 0.6) is 0 Å². The van der Waals surface area contributed by atoms with Crippen molar-refractivity contribution in [3.8, 4) is 0 Å². The Morgan fingerprint density at radius 2 is 2.21 bits per heavy atom. The molecule has 4 aromatic rings. The van der Waals surface area contributed by atoms with E-state index >= 15 is 0 Å². The minimum atomic E-state index is -0.383. The standard InChI is InChI=1S/C22H21FN4OS/c1-26-10-14(17-9-15(23)4-5-18(17)26)12-27-8-6-13(11-27)19-16-3-2-7-25-22(16)29-20(19)21(24)28/h2-5,7,9-10,13H,6,8,11-12H2,1H3,(H2,24,28)/t13-/m0/s1. The van der Waals surface area contributed by atoms with Gasteiger partial charge in [0.05, 0.1) is 4.88 Å². The lowest BCUT2D eigenvalue weighted by Crippen LogP contribution is -2.20. The number of primary amides is 1. The molecule has 1 atom stereocenters. The Morgan fingerprint density at radius 3 is 3.03 bits per heavy atom. The van der Waals surface area contributed by atoms with E-state index < -0.39 is 0 Å². The monoisotopic (exact) mass is 408 g/mol. The molecule has 1 aliphatic heterocycles. The van der Waals surface area contributed by atoms with E-state index in [1.54, 1.807) is 12.3 Å². The normalized spacial score (nSPS) is 17.5. The number of hydrogen-bond acceptors (Lipinski definition) is 4. The number of nitrogens with two attached hydrogens (primary N) is 1. The van der Waals surface area contributed by atoms with Gasteiger partial charge < -0.3 is 10.3 Å². The quantitative estimate of drug-likeness (QED) is 0.555. The highest BCUT2D eigenvalue weighted by molar-refractivity contribution is 7.20. The first-order valence-corrected chi connectivity index (χ1v) is 10.5. The van der Waals surface area contributed by atoms with Crippen LogP contribution < -0.4 is 5.73 Å². The van der Waals surface area contributed by atoms with E-state index in [2.05, 4.69) is 16.1 Å². The number of amides is 1. The zero-order chi connectivity index (χ0) is 20.1. The van der Waals surface area contributed by atoms with Crippen LogP contribution in [-0.4, -0.2) is 33.4 Å². The maximum Gasteiger partial charge on any atom is 0.259 e. The number of carbonyl (C=O) groups excluding carboxylic acids is 1. The van der Waals surface area contributed by atoms with Gasteiger partial charge in [0.25, 0.3) is 5.91 Å². The minimum absolute atomic E-state index is 0.215. The van der Waals surface area contributed by atoms with Crippen LogP contribution >= 0.6 is 11.3 Å². The predicted octanol–water partition coefficient (Wildman–Crippen LogP) is 4.02. The Bertz CT molecular complexity index is 1240. The van der Waals surface area contributed by atoms with Crippen molar-refractivity contribution in [2.45, 2.75) is 18.9 Å². The molecule has 1 saturated heterocycles. The summed E-state index contributed by atoms with van der Waals surface area (Å²) in [7, 11) is 1.99. The molecule has 5 rings (SSSR count). The molecule has 1 amide bonds. The zero-order valence-electron chi connectivity index (χ0n) is 16.1. The number of aromatic nitrogens is 2. The second-order valence-corrected chi connectivity index (χ2v) is 8.71. The largest absolute Gasteiger partial charge is 0.365 e. The van der Waals surface area contributed by atoms with Crippen molar-refractivity contribution in [2.75, 3.05) is 13.1 Å². The highest BCUT2D eigenvalue weighted by atomic mass is 32.1. The summed E-state index contributed by atoms with van der Waals surface area (Å²) in [6.45, 7) is 2.52. The summed E-state index contributed by atoms with van der Waals surface area (Å²) in [4.78, 5) is 20.3. The molecule has 3 aromatic heterocycles. The van der Waals surface area contributed by atoms with Gasteiger partial charge in [-0.1, -0.05) is 6.07 Å². The van der Waals surface area contributed by atoms with E-state index in [-0.39, 0.29) is 17.6 Å². The van der Waals surface area contributed by atoms with Gasteiger partial charge >= 0.3 is 0 Å².